The predicted molar refractivity (Wildman–Crippen MR) is 64.0 cm³/mol. The molecule has 0 saturated carbocycles. The summed E-state index contributed by atoms with van der Waals surface area (Å²) in [4.78, 5) is 13.2. The molecule has 16 heavy (non-hydrogen) atoms. The number of hydrogen-bond donors (Lipinski definition) is 2. The lowest BCUT2D eigenvalue weighted by molar-refractivity contribution is -0.135. The van der Waals surface area contributed by atoms with Gasteiger partial charge in [-0.15, -0.1) is 0 Å². The van der Waals surface area contributed by atoms with E-state index in [2.05, 4.69) is 12.2 Å². The van der Waals surface area contributed by atoms with Crippen LogP contribution in [0, 0.1) is 0 Å². The normalized spacial score (nSPS) is 19.1. The number of ether oxygens (including phenoxy) is 1. The van der Waals surface area contributed by atoms with E-state index < -0.39 is 5.60 Å². The third-order valence-electron chi connectivity index (χ3n) is 2.71. The SMILES string of the molecule is CN(CC1(O)CCOCC1)C(=O)CC(N)=S. The van der Waals surface area contributed by atoms with Crippen molar-refractivity contribution in [3.05, 3.63) is 0 Å². The van der Waals surface area contributed by atoms with E-state index in [4.69, 9.17) is 10.5 Å². The number of nitrogens with zero attached hydrogens (tertiary/aromatic N) is 1. The molecular formula is C10H18N2O3S. The van der Waals surface area contributed by atoms with Crippen molar-refractivity contribution >= 4 is 23.1 Å². The molecule has 0 unspecified atom stereocenters. The van der Waals surface area contributed by atoms with Crippen molar-refractivity contribution in [2.24, 2.45) is 5.73 Å². The van der Waals surface area contributed by atoms with Gasteiger partial charge in [0, 0.05) is 39.6 Å². The van der Waals surface area contributed by atoms with Crippen molar-refractivity contribution in [2.75, 3.05) is 26.8 Å². The minimum Gasteiger partial charge on any atom is -0.393 e. The molecule has 5 nitrogen and oxygen atoms in total. The molecule has 1 saturated heterocycles. The number of likely N-dealkylation sites (N-methyl/N-ethyl adjacent to an activating group) is 1. The molecule has 1 aliphatic rings. The third kappa shape index (κ3) is 4.03. The van der Waals surface area contributed by atoms with Crippen molar-refractivity contribution in [3.63, 3.8) is 0 Å². The Labute approximate surface area is 101 Å². The van der Waals surface area contributed by atoms with E-state index in [1.807, 2.05) is 0 Å². The second kappa shape index (κ2) is 5.56. The van der Waals surface area contributed by atoms with Crippen LogP contribution in [0.5, 0.6) is 0 Å². The third-order valence-corrected chi connectivity index (χ3v) is 2.85. The molecule has 92 valence electrons. The number of hydrogen-bond acceptors (Lipinski definition) is 4. The average Bonchev–Trinajstić information content (AvgIpc) is 2.16. The van der Waals surface area contributed by atoms with Gasteiger partial charge in [0.25, 0.3) is 0 Å². The highest BCUT2D eigenvalue weighted by Gasteiger charge is 2.32. The molecule has 0 aromatic rings. The Morgan fingerprint density at radius 3 is 2.62 bits per heavy atom. The molecule has 6 heteroatoms. The first-order valence-electron chi connectivity index (χ1n) is 5.25. The Kier molecular flexibility index (Phi) is 4.64. The summed E-state index contributed by atoms with van der Waals surface area (Å²) in [6.07, 6.45) is 1.16. The van der Waals surface area contributed by atoms with Gasteiger partial charge in [-0.2, -0.15) is 0 Å². The second-order valence-corrected chi connectivity index (χ2v) is 4.75. The maximum absolute atomic E-state index is 11.6. The van der Waals surface area contributed by atoms with Gasteiger partial charge in [0.15, 0.2) is 0 Å². The molecule has 1 rings (SSSR count). The fourth-order valence-electron chi connectivity index (χ4n) is 1.72. The summed E-state index contributed by atoms with van der Waals surface area (Å²) in [5.74, 6) is -0.160. The summed E-state index contributed by atoms with van der Waals surface area (Å²) in [5.41, 5.74) is 4.46. The maximum Gasteiger partial charge on any atom is 0.229 e. The van der Waals surface area contributed by atoms with Crippen LogP contribution in [0.1, 0.15) is 19.3 Å². The van der Waals surface area contributed by atoms with Crippen LogP contribution in [0.2, 0.25) is 0 Å². The minimum atomic E-state index is -0.834. The topological polar surface area (TPSA) is 75.8 Å². The van der Waals surface area contributed by atoms with Crippen LogP contribution in [0.3, 0.4) is 0 Å². The van der Waals surface area contributed by atoms with Crippen LogP contribution in [-0.4, -0.2) is 53.3 Å². The Hall–Kier alpha value is -0.720. The number of thiocarbonyl (C=S) groups is 1. The van der Waals surface area contributed by atoms with Crippen molar-refractivity contribution in [2.45, 2.75) is 24.9 Å². The van der Waals surface area contributed by atoms with Gasteiger partial charge in [-0.05, 0) is 0 Å². The highest BCUT2D eigenvalue weighted by molar-refractivity contribution is 7.80. The minimum absolute atomic E-state index is 0.0540. The van der Waals surface area contributed by atoms with E-state index in [0.717, 1.165) is 0 Å². The molecule has 0 aromatic carbocycles. The highest BCUT2D eigenvalue weighted by atomic mass is 32.1. The predicted octanol–water partition coefficient (Wildman–Crippen LogP) is -0.338. The molecular weight excluding hydrogens is 228 g/mol. The van der Waals surface area contributed by atoms with Crippen molar-refractivity contribution in [3.8, 4) is 0 Å². The van der Waals surface area contributed by atoms with E-state index in [1.54, 1.807) is 7.05 Å². The zero-order valence-electron chi connectivity index (χ0n) is 9.44. The quantitative estimate of drug-likeness (QED) is 0.664. The molecule has 1 fully saturated rings. The van der Waals surface area contributed by atoms with Crippen LogP contribution in [0.4, 0.5) is 0 Å². The number of nitrogens with two attached hydrogens (primary N) is 1. The average molecular weight is 246 g/mol. The lowest BCUT2D eigenvalue weighted by Gasteiger charge is -2.35. The van der Waals surface area contributed by atoms with E-state index in [-0.39, 0.29) is 17.3 Å². The fourth-order valence-corrected chi connectivity index (χ4v) is 1.85. The molecule has 1 amide bonds. The molecule has 1 aliphatic heterocycles. The first-order chi connectivity index (χ1) is 7.43. The monoisotopic (exact) mass is 246 g/mol. The highest BCUT2D eigenvalue weighted by Crippen LogP contribution is 2.21. The van der Waals surface area contributed by atoms with Crippen LogP contribution in [0.25, 0.3) is 0 Å². The molecule has 0 spiro atoms. The van der Waals surface area contributed by atoms with Gasteiger partial charge in [0.1, 0.15) is 0 Å². The Bertz CT molecular complexity index is 277. The van der Waals surface area contributed by atoms with Gasteiger partial charge in [-0.3, -0.25) is 4.79 Å². The lowest BCUT2D eigenvalue weighted by atomic mass is 9.94. The van der Waals surface area contributed by atoms with Crippen LogP contribution in [0.15, 0.2) is 0 Å². The lowest BCUT2D eigenvalue weighted by Crippen LogP contribution is -2.47. The van der Waals surface area contributed by atoms with Gasteiger partial charge in [-0.25, -0.2) is 0 Å². The smallest absolute Gasteiger partial charge is 0.229 e. The number of amides is 1. The molecule has 0 aliphatic carbocycles. The molecule has 0 radical (unpaired) electrons. The Balaban J connectivity index is 2.45. The zero-order valence-corrected chi connectivity index (χ0v) is 10.3. The van der Waals surface area contributed by atoms with Crippen molar-refractivity contribution < 1.29 is 14.6 Å². The summed E-state index contributed by atoms with van der Waals surface area (Å²) in [6, 6.07) is 0. The molecule has 0 aromatic heterocycles. The van der Waals surface area contributed by atoms with Gasteiger partial charge >= 0.3 is 0 Å². The van der Waals surface area contributed by atoms with E-state index in [9.17, 15) is 9.90 Å². The van der Waals surface area contributed by atoms with E-state index >= 15 is 0 Å². The molecule has 0 bridgehead atoms. The van der Waals surface area contributed by atoms with Gasteiger partial charge in [0.2, 0.25) is 5.91 Å². The fraction of sp³-hybridized carbons (Fsp3) is 0.800. The van der Waals surface area contributed by atoms with E-state index in [0.29, 0.717) is 32.6 Å². The summed E-state index contributed by atoms with van der Waals surface area (Å²) >= 11 is 4.67. The maximum atomic E-state index is 11.6. The standard InChI is InChI=1S/C10H18N2O3S/c1-12(9(13)6-8(11)16)7-10(14)2-4-15-5-3-10/h14H,2-7H2,1H3,(H2,11,16). The summed E-state index contributed by atoms with van der Waals surface area (Å²) < 4.78 is 5.17. The summed E-state index contributed by atoms with van der Waals surface area (Å²) in [7, 11) is 1.65. The largest absolute Gasteiger partial charge is 0.393 e. The number of carbonyl (C=O) groups is 1. The van der Waals surface area contributed by atoms with Crippen LogP contribution in [-0.2, 0) is 9.53 Å². The zero-order chi connectivity index (χ0) is 12.2. The van der Waals surface area contributed by atoms with Crippen LogP contribution < -0.4 is 5.73 Å². The number of aliphatic hydroxyl groups is 1. The van der Waals surface area contributed by atoms with Gasteiger partial charge in [0.05, 0.1) is 17.0 Å². The van der Waals surface area contributed by atoms with Gasteiger partial charge in [-0.1, -0.05) is 12.2 Å². The van der Waals surface area contributed by atoms with E-state index in [1.165, 1.54) is 4.90 Å². The first-order valence-corrected chi connectivity index (χ1v) is 5.66. The molecule has 3 N–H and O–H groups in total. The van der Waals surface area contributed by atoms with Crippen molar-refractivity contribution in [1.29, 1.82) is 0 Å². The second-order valence-electron chi connectivity index (χ2n) is 4.23. The number of carbonyl (C=O) groups excluding carboxylic acids is 1. The number of rotatable bonds is 4. The Morgan fingerprint density at radius 2 is 2.12 bits per heavy atom. The Morgan fingerprint density at radius 1 is 1.56 bits per heavy atom. The first kappa shape index (κ1) is 13.3. The van der Waals surface area contributed by atoms with Crippen molar-refractivity contribution in [1.82, 2.24) is 4.90 Å². The van der Waals surface area contributed by atoms with Gasteiger partial charge < -0.3 is 20.5 Å². The molecule has 1 heterocycles. The van der Waals surface area contributed by atoms with Crippen LogP contribution >= 0.6 is 12.2 Å². The summed E-state index contributed by atoms with van der Waals surface area (Å²) in [5, 5.41) is 10.2. The molecule has 0 atom stereocenters. The summed E-state index contributed by atoms with van der Waals surface area (Å²) in [6.45, 7) is 1.37.